The number of thioether (sulfide) groups is 1. The van der Waals surface area contributed by atoms with Crippen LogP contribution in [-0.4, -0.2) is 35.2 Å². The monoisotopic (exact) mass is 282 g/mol. The van der Waals surface area contributed by atoms with Crippen molar-refractivity contribution in [3.05, 3.63) is 29.8 Å². The maximum Gasteiger partial charge on any atom is 0.326 e. The lowest BCUT2D eigenvalue weighted by molar-refractivity contribution is -0.140. The highest BCUT2D eigenvalue weighted by Crippen LogP contribution is 2.15. The van der Waals surface area contributed by atoms with Gasteiger partial charge in [-0.05, 0) is 24.5 Å². The fourth-order valence-electron chi connectivity index (χ4n) is 1.41. The van der Waals surface area contributed by atoms with Crippen molar-refractivity contribution >= 4 is 29.5 Å². The summed E-state index contributed by atoms with van der Waals surface area (Å²) in [6, 6.07) is 5.42. The molecule has 102 valence electrons. The van der Waals surface area contributed by atoms with Gasteiger partial charge in [-0.3, -0.25) is 9.59 Å². The van der Waals surface area contributed by atoms with E-state index in [1.807, 2.05) is 12.3 Å². The Morgan fingerprint density at radius 2 is 2.11 bits per heavy atom. The standard InChI is InChI=1S/C12H14N2O4S/c1-19-8-4-2-3-7(5-8)11(16)14-9(12(17)18)6-10(13)15/h2-5,9H,6H2,1H3,(H2,13,15)(H,14,16)(H,17,18). The topological polar surface area (TPSA) is 109 Å². The van der Waals surface area contributed by atoms with Gasteiger partial charge in [0.15, 0.2) is 0 Å². The highest BCUT2D eigenvalue weighted by molar-refractivity contribution is 7.98. The van der Waals surface area contributed by atoms with E-state index in [0.717, 1.165) is 4.90 Å². The number of amides is 2. The Bertz CT molecular complexity index is 504. The Labute approximate surface area is 114 Å². The number of benzene rings is 1. The molecular weight excluding hydrogens is 268 g/mol. The first kappa shape index (κ1) is 15.0. The minimum absolute atomic E-state index is 0.336. The Morgan fingerprint density at radius 3 is 2.63 bits per heavy atom. The summed E-state index contributed by atoms with van der Waals surface area (Å²) in [6.45, 7) is 0. The lowest BCUT2D eigenvalue weighted by Crippen LogP contribution is -2.43. The van der Waals surface area contributed by atoms with E-state index in [9.17, 15) is 14.4 Å². The third-order valence-corrected chi connectivity index (χ3v) is 3.07. The highest BCUT2D eigenvalue weighted by Gasteiger charge is 2.22. The SMILES string of the molecule is CSc1cccc(C(=O)NC(CC(N)=O)C(=O)O)c1. The number of carbonyl (C=O) groups excluding carboxylic acids is 2. The van der Waals surface area contributed by atoms with Gasteiger partial charge in [-0.1, -0.05) is 6.07 Å². The minimum atomic E-state index is -1.32. The van der Waals surface area contributed by atoms with Gasteiger partial charge in [-0.25, -0.2) is 4.79 Å². The molecule has 0 spiro atoms. The van der Waals surface area contributed by atoms with Crippen LogP contribution in [0.15, 0.2) is 29.2 Å². The fraction of sp³-hybridized carbons (Fsp3) is 0.250. The van der Waals surface area contributed by atoms with Crippen molar-refractivity contribution in [1.29, 1.82) is 0 Å². The summed E-state index contributed by atoms with van der Waals surface area (Å²) in [5.41, 5.74) is 5.27. The molecule has 0 bridgehead atoms. The Morgan fingerprint density at radius 1 is 1.42 bits per heavy atom. The maximum absolute atomic E-state index is 11.9. The first-order chi connectivity index (χ1) is 8.93. The van der Waals surface area contributed by atoms with Crippen LogP contribution in [0.4, 0.5) is 0 Å². The first-order valence-corrected chi connectivity index (χ1v) is 6.62. The predicted molar refractivity (Wildman–Crippen MR) is 70.9 cm³/mol. The second-order valence-corrected chi connectivity index (χ2v) is 4.65. The van der Waals surface area contributed by atoms with Crippen molar-refractivity contribution in [3.63, 3.8) is 0 Å². The molecule has 0 heterocycles. The zero-order valence-corrected chi connectivity index (χ0v) is 11.1. The number of hydrogen-bond acceptors (Lipinski definition) is 4. The van der Waals surface area contributed by atoms with E-state index < -0.39 is 30.2 Å². The van der Waals surface area contributed by atoms with Crippen LogP contribution in [0.2, 0.25) is 0 Å². The van der Waals surface area contributed by atoms with Gasteiger partial charge in [0.2, 0.25) is 5.91 Å². The molecule has 2 amide bonds. The normalized spacial score (nSPS) is 11.6. The van der Waals surface area contributed by atoms with Crippen molar-refractivity contribution < 1.29 is 19.5 Å². The highest BCUT2D eigenvalue weighted by atomic mass is 32.2. The van der Waals surface area contributed by atoms with E-state index in [4.69, 9.17) is 10.8 Å². The van der Waals surface area contributed by atoms with Crippen molar-refractivity contribution in [3.8, 4) is 0 Å². The van der Waals surface area contributed by atoms with Crippen molar-refractivity contribution in [1.82, 2.24) is 5.32 Å². The van der Waals surface area contributed by atoms with Gasteiger partial charge >= 0.3 is 5.97 Å². The van der Waals surface area contributed by atoms with Gasteiger partial charge in [-0.2, -0.15) is 0 Å². The van der Waals surface area contributed by atoms with Gasteiger partial charge in [0.05, 0.1) is 6.42 Å². The number of carbonyl (C=O) groups is 3. The Balaban J connectivity index is 2.81. The number of nitrogens with two attached hydrogens (primary N) is 1. The van der Waals surface area contributed by atoms with E-state index in [0.29, 0.717) is 5.56 Å². The fourth-order valence-corrected chi connectivity index (χ4v) is 1.87. The van der Waals surface area contributed by atoms with Crippen LogP contribution >= 0.6 is 11.8 Å². The zero-order chi connectivity index (χ0) is 14.4. The molecule has 0 aliphatic heterocycles. The van der Waals surface area contributed by atoms with Crippen molar-refractivity contribution in [2.24, 2.45) is 5.73 Å². The van der Waals surface area contributed by atoms with E-state index in [-0.39, 0.29) is 0 Å². The van der Waals surface area contributed by atoms with E-state index in [1.54, 1.807) is 18.2 Å². The Kier molecular flexibility index (Phi) is 5.37. The van der Waals surface area contributed by atoms with Gasteiger partial charge in [0, 0.05) is 10.5 Å². The molecule has 0 fully saturated rings. The van der Waals surface area contributed by atoms with Crippen molar-refractivity contribution in [2.75, 3.05) is 6.26 Å². The summed E-state index contributed by atoms with van der Waals surface area (Å²) in [5.74, 6) is -2.64. The van der Waals surface area contributed by atoms with Gasteiger partial charge < -0.3 is 16.2 Å². The Hall–Kier alpha value is -2.02. The quantitative estimate of drug-likeness (QED) is 0.657. The molecule has 0 aliphatic rings. The smallest absolute Gasteiger partial charge is 0.326 e. The largest absolute Gasteiger partial charge is 0.480 e. The second kappa shape index (κ2) is 6.79. The van der Waals surface area contributed by atoms with Crippen LogP contribution < -0.4 is 11.1 Å². The summed E-state index contributed by atoms with van der Waals surface area (Å²) in [4.78, 5) is 34.4. The molecule has 0 aliphatic carbocycles. The number of carboxylic acid groups (broad SMARTS) is 1. The second-order valence-electron chi connectivity index (χ2n) is 3.77. The third-order valence-electron chi connectivity index (χ3n) is 2.34. The number of nitrogens with one attached hydrogen (secondary N) is 1. The van der Waals surface area contributed by atoms with E-state index in [2.05, 4.69) is 5.32 Å². The minimum Gasteiger partial charge on any atom is -0.480 e. The lowest BCUT2D eigenvalue weighted by Gasteiger charge is -2.13. The number of rotatable bonds is 6. The average Bonchev–Trinajstić information content (AvgIpc) is 2.37. The molecule has 1 rings (SSSR count). The van der Waals surface area contributed by atoms with Crippen LogP contribution in [0, 0.1) is 0 Å². The molecule has 4 N–H and O–H groups in total. The summed E-state index contributed by atoms with van der Waals surface area (Å²) in [7, 11) is 0. The number of carboxylic acids is 1. The van der Waals surface area contributed by atoms with Gasteiger partial charge in [0.1, 0.15) is 6.04 Å². The molecule has 0 saturated carbocycles. The predicted octanol–water partition coefficient (Wildman–Crippen LogP) is 0.467. The maximum atomic E-state index is 11.9. The molecule has 1 aromatic carbocycles. The molecule has 0 saturated heterocycles. The molecule has 1 aromatic rings. The molecular formula is C12H14N2O4S. The molecule has 1 unspecified atom stereocenters. The summed E-state index contributed by atoms with van der Waals surface area (Å²) in [6.07, 6.45) is 1.42. The molecule has 0 aromatic heterocycles. The zero-order valence-electron chi connectivity index (χ0n) is 10.3. The number of primary amides is 1. The molecule has 7 heteroatoms. The average molecular weight is 282 g/mol. The van der Waals surface area contributed by atoms with Crippen LogP contribution in [-0.2, 0) is 9.59 Å². The molecule has 6 nitrogen and oxygen atoms in total. The van der Waals surface area contributed by atoms with E-state index in [1.165, 1.54) is 11.8 Å². The molecule has 19 heavy (non-hydrogen) atoms. The van der Waals surface area contributed by atoms with Crippen LogP contribution in [0.5, 0.6) is 0 Å². The van der Waals surface area contributed by atoms with Crippen molar-refractivity contribution in [2.45, 2.75) is 17.4 Å². The van der Waals surface area contributed by atoms with Gasteiger partial charge in [-0.15, -0.1) is 11.8 Å². The number of aliphatic carboxylic acids is 1. The summed E-state index contributed by atoms with van der Waals surface area (Å²) < 4.78 is 0. The lowest BCUT2D eigenvalue weighted by atomic mass is 10.1. The third kappa shape index (κ3) is 4.63. The summed E-state index contributed by atoms with van der Waals surface area (Å²) >= 11 is 1.47. The van der Waals surface area contributed by atoms with Crippen LogP contribution in [0.1, 0.15) is 16.8 Å². The summed E-state index contributed by atoms with van der Waals surface area (Å²) in [5, 5.41) is 11.2. The number of hydrogen-bond donors (Lipinski definition) is 3. The van der Waals surface area contributed by atoms with Crippen LogP contribution in [0.3, 0.4) is 0 Å². The molecule has 0 radical (unpaired) electrons. The first-order valence-electron chi connectivity index (χ1n) is 5.40. The van der Waals surface area contributed by atoms with E-state index >= 15 is 0 Å². The molecule has 1 atom stereocenters. The van der Waals surface area contributed by atoms with Crippen LogP contribution in [0.25, 0.3) is 0 Å². The van der Waals surface area contributed by atoms with Gasteiger partial charge in [0.25, 0.3) is 5.91 Å².